The smallest absolute Gasteiger partial charge is 0.307 e. The Balaban J connectivity index is 1.44. The molecule has 0 radical (unpaired) electrons. The summed E-state index contributed by atoms with van der Waals surface area (Å²) in [6, 6.07) is 18.0. The van der Waals surface area contributed by atoms with Gasteiger partial charge in [0, 0.05) is 26.0 Å². The van der Waals surface area contributed by atoms with Gasteiger partial charge in [-0.1, -0.05) is 29.8 Å². The molecule has 0 bridgehead atoms. The maximum Gasteiger partial charge on any atom is 0.307 e. The van der Waals surface area contributed by atoms with Crippen LogP contribution in [0.5, 0.6) is 17.2 Å². The zero-order chi connectivity index (χ0) is 24.8. The molecule has 180 valence electrons. The standard InChI is InChI=1S/C26H22BrClN2O5/c1-3-33-19-8-9-22-17(10-19)11-25(35-22)26(31)30-29-14-18-12-23(32-2)24(13-20(18)27)34-15-16-6-4-5-7-21(16)28/h4-14H,3,15H2,1-2H3,(H,30,31)/b29-14+. The lowest BCUT2D eigenvalue weighted by molar-refractivity contribution is 0.0929. The number of fused-ring (bicyclic) bond motifs is 1. The van der Waals surface area contributed by atoms with Crippen molar-refractivity contribution in [2.45, 2.75) is 13.5 Å². The summed E-state index contributed by atoms with van der Waals surface area (Å²) in [5.41, 5.74) is 4.60. The molecule has 0 saturated heterocycles. The first-order valence-corrected chi connectivity index (χ1v) is 11.9. The van der Waals surface area contributed by atoms with Crippen molar-refractivity contribution in [1.29, 1.82) is 0 Å². The first-order valence-electron chi connectivity index (χ1n) is 10.7. The molecule has 3 aromatic carbocycles. The van der Waals surface area contributed by atoms with Crippen LogP contribution in [0.3, 0.4) is 0 Å². The van der Waals surface area contributed by atoms with Crippen LogP contribution in [0.1, 0.15) is 28.6 Å². The molecule has 1 heterocycles. The molecule has 7 nitrogen and oxygen atoms in total. The number of ether oxygens (including phenoxy) is 3. The first kappa shape index (κ1) is 24.6. The zero-order valence-corrected chi connectivity index (χ0v) is 21.4. The van der Waals surface area contributed by atoms with Crippen LogP contribution in [-0.4, -0.2) is 25.8 Å². The monoisotopic (exact) mass is 556 g/mol. The minimum atomic E-state index is -0.474. The number of halogens is 2. The Kier molecular flexibility index (Phi) is 7.94. The van der Waals surface area contributed by atoms with Crippen molar-refractivity contribution in [1.82, 2.24) is 5.43 Å². The minimum Gasteiger partial charge on any atom is -0.494 e. The quantitative estimate of drug-likeness (QED) is 0.185. The molecule has 0 fully saturated rings. The van der Waals surface area contributed by atoms with Crippen LogP contribution in [0.25, 0.3) is 11.0 Å². The molecular weight excluding hydrogens is 536 g/mol. The lowest BCUT2D eigenvalue weighted by Crippen LogP contribution is -2.16. The molecule has 0 aliphatic rings. The highest BCUT2D eigenvalue weighted by molar-refractivity contribution is 9.10. The summed E-state index contributed by atoms with van der Waals surface area (Å²) in [6.07, 6.45) is 1.50. The number of hydrogen-bond donors (Lipinski definition) is 1. The summed E-state index contributed by atoms with van der Waals surface area (Å²) in [5, 5.41) is 5.45. The third-order valence-electron chi connectivity index (χ3n) is 5.02. The molecule has 9 heteroatoms. The van der Waals surface area contributed by atoms with Crippen molar-refractivity contribution < 1.29 is 23.4 Å². The molecule has 4 rings (SSSR count). The van der Waals surface area contributed by atoms with Crippen molar-refractivity contribution in [3.8, 4) is 17.2 Å². The van der Waals surface area contributed by atoms with E-state index in [1.807, 2.05) is 37.3 Å². The highest BCUT2D eigenvalue weighted by Crippen LogP contribution is 2.34. The number of hydrazone groups is 1. The lowest BCUT2D eigenvalue weighted by atomic mass is 10.2. The van der Waals surface area contributed by atoms with E-state index >= 15 is 0 Å². The first-order chi connectivity index (χ1) is 17.0. The van der Waals surface area contributed by atoms with Gasteiger partial charge in [-0.05, 0) is 65.3 Å². The molecule has 0 unspecified atom stereocenters. The van der Waals surface area contributed by atoms with E-state index in [0.29, 0.717) is 44.5 Å². The van der Waals surface area contributed by atoms with Gasteiger partial charge in [-0.15, -0.1) is 0 Å². The van der Waals surface area contributed by atoms with E-state index in [9.17, 15) is 4.79 Å². The number of furan rings is 1. The van der Waals surface area contributed by atoms with Gasteiger partial charge in [0.05, 0.1) is 19.9 Å². The van der Waals surface area contributed by atoms with Crippen LogP contribution in [0.15, 0.2) is 74.7 Å². The largest absolute Gasteiger partial charge is 0.494 e. The van der Waals surface area contributed by atoms with Crippen molar-refractivity contribution in [3.63, 3.8) is 0 Å². The third-order valence-corrected chi connectivity index (χ3v) is 6.07. The number of nitrogens with one attached hydrogen (secondary N) is 1. The Labute approximate surface area is 215 Å². The Bertz CT molecular complexity index is 1390. The van der Waals surface area contributed by atoms with Crippen LogP contribution in [0.4, 0.5) is 0 Å². The second kappa shape index (κ2) is 11.3. The predicted molar refractivity (Wildman–Crippen MR) is 139 cm³/mol. The second-order valence-corrected chi connectivity index (χ2v) is 8.61. The molecule has 0 spiro atoms. The van der Waals surface area contributed by atoms with Crippen LogP contribution in [0, 0.1) is 0 Å². The lowest BCUT2D eigenvalue weighted by Gasteiger charge is -2.13. The number of hydrogen-bond acceptors (Lipinski definition) is 6. The molecular formula is C26H22BrClN2O5. The van der Waals surface area contributed by atoms with Gasteiger partial charge in [-0.2, -0.15) is 5.10 Å². The van der Waals surface area contributed by atoms with Crippen molar-refractivity contribution in [2.75, 3.05) is 13.7 Å². The van der Waals surface area contributed by atoms with Crippen LogP contribution < -0.4 is 19.6 Å². The normalized spacial score (nSPS) is 11.1. The van der Waals surface area contributed by atoms with E-state index in [2.05, 4.69) is 26.5 Å². The van der Waals surface area contributed by atoms with Gasteiger partial charge >= 0.3 is 5.91 Å². The molecule has 0 atom stereocenters. The van der Waals surface area contributed by atoms with E-state index in [1.165, 1.54) is 6.21 Å². The zero-order valence-electron chi connectivity index (χ0n) is 19.0. The molecule has 1 aromatic heterocycles. The molecule has 4 aromatic rings. The van der Waals surface area contributed by atoms with Crippen LogP contribution in [-0.2, 0) is 6.61 Å². The number of benzene rings is 3. The topological polar surface area (TPSA) is 82.3 Å². The van der Waals surface area contributed by atoms with Gasteiger partial charge in [0.15, 0.2) is 17.3 Å². The molecule has 1 N–H and O–H groups in total. The fourth-order valence-electron chi connectivity index (χ4n) is 3.30. The summed E-state index contributed by atoms with van der Waals surface area (Å²) < 4.78 is 23.2. The van der Waals surface area contributed by atoms with Crippen molar-refractivity contribution >= 4 is 50.6 Å². The highest BCUT2D eigenvalue weighted by Gasteiger charge is 2.13. The van der Waals surface area contributed by atoms with Gasteiger partial charge in [0.25, 0.3) is 0 Å². The predicted octanol–water partition coefficient (Wildman–Crippen LogP) is 6.60. The molecule has 0 aliphatic carbocycles. The highest BCUT2D eigenvalue weighted by atomic mass is 79.9. The molecule has 35 heavy (non-hydrogen) atoms. The Hall–Kier alpha value is -3.49. The van der Waals surface area contributed by atoms with E-state index in [4.69, 9.17) is 30.2 Å². The summed E-state index contributed by atoms with van der Waals surface area (Å²) in [5.74, 6) is 1.43. The van der Waals surface area contributed by atoms with Gasteiger partial charge in [-0.25, -0.2) is 5.43 Å². The number of nitrogens with zero attached hydrogens (tertiary/aromatic N) is 1. The number of rotatable bonds is 9. The van der Waals surface area contributed by atoms with Crippen molar-refractivity contribution in [2.24, 2.45) is 5.10 Å². The molecule has 0 aliphatic heterocycles. The average Bonchev–Trinajstić information content (AvgIpc) is 3.28. The Morgan fingerprint density at radius 2 is 1.94 bits per heavy atom. The SMILES string of the molecule is CCOc1ccc2oc(C(=O)N/N=C/c3cc(OC)c(OCc4ccccc4Cl)cc3Br)cc2c1. The van der Waals surface area contributed by atoms with Crippen LogP contribution in [0.2, 0.25) is 5.02 Å². The molecule has 0 saturated carbocycles. The summed E-state index contributed by atoms with van der Waals surface area (Å²) >= 11 is 9.72. The number of amides is 1. The third kappa shape index (κ3) is 5.96. The fraction of sp³-hybridized carbons (Fsp3) is 0.154. The van der Waals surface area contributed by atoms with Gasteiger partial charge in [0.1, 0.15) is 17.9 Å². The summed E-state index contributed by atoms with van der Waals surface area (Å²) in [6.45, 7) is 2.75. The van der Waals surface area contributed by atoms with Gasteiger partial charge < -0.3 is 18.6 Å². The molecule has 1 amide bonds. The number of carbonyl (C=O) groups excluding carboxylic acids is 1. The van der Waals surface area contributed by atoms with Crippen LogP contribution >= 0.6 is 27.5 Å². The Morgan fingerprint density at radius 3 is 2.71 bits per heavy atom. The Morgan fingerprint density at radius 1 is 1.11 bits per heavy atom. The maximum absolute atomic E-state index is 12.5. The van der Waals surface area contributed by atoms with Gasteiger partial charge in [0.2, 0.25) is 0 Å². The summed E-state index contributed by atoms with van der Waals surface area (Å²) in [7, 11) is 1.55. The minimum absolute atomic E-state index is 0.144. The summed E-state index contributed by atoms with van der Waals surface area (Å²) in [4.78, 5) is 12.5. The van der Waals surface area contributed by atoms with E-state index in [1.54, 1.807) is 37.4 Å². The number of carbonyl (C=O) groups is 1. The van der Waals surface area contributed by atoms with Gasteiger partial charge in [-0.3, -0.25) is 4.79 Å². The second-order valence-electron chi connectivity index (χ2n) is 7.35. The fourth-order valence-corrected chi connectivity index (χ4v) is 3.91. The van der Waals surface area contributed by atoms with Crippen molar-refractivity contribution in [3.05, 3.63) is 87.0 Å². The maximum atomic E-state index is 12.5. The van der Waals surface area contributed by atoms with E-state index in [0.717, 1.165) is 10.9 Å². The van der Waals surface area contributed by atoms with E-state index in [-0.39, 0.29) is 12.4 Å². The van der Waals surface area contributed by atoms with E-state index < -0.39 is 5.91 Å². The average molecular weight is 558 g/mol. The number of methoxy groups -OCH3 is 1.